The van der Waals surface area contributed by atoms with Crippen molar-refractivity contribution in [3.8, 4) is 5.75 Å². The van der Waals surface area contributed by atoms with Gasteiger partial charge in [-0.1, -0.05) is 49.6 Å². The van der Waals surface area contributed by atoms with Gasteiger partial charge in [0.1, 0.15) is 11.9 Å². The number of carbonyl (C=O) groups excluding carboxylic acids is 1. The van der Waals surface area contributed by atoms with E-state index in [9.17, 15) is 4.79 Å². The van der Waals surface area contributed by atoms with Crippen LogP contribution >= 0.6 is 11.8 Å². The number of hydrogen-bond donors (Lipinski definition) is 0. The van der Waals surface area contributed by atoms with Crippen LogP contribution in [0.5, 0.6) is 5.75 Å². The molecule has 0 bridgehead atoms. The van der Waals surface area contributed by atoms with Gasteiger partial charge >= 0.3 is 0 Å². The first-order chi connectivity index (χ1) is 16.3. The molecule has 0 radical (unpaired) electrons. The van der Waals surface area contributed by atoms with Crippen LogP contribution in [-0.4, -0.2) is 20.6 Å². The van der Waals surface area contributed by atoms with Gasteiger partial charge < -0.3 is 9.30 Å². The highest BCUT2D eigenvalue weighted by Crippen LogP contribution is 2.39. The zero-order chi connectivity index (χ0) is 22.5. The van der Waals surface area contributed by atoms with Crippen molar-refractivity contribution in [3.05, 3.63) is 83.4 Å². The summed E-state index contributed by atoms with van der Waals surface area (Å²) in [4.78, 5) is 16.9. The molecule has 5 heteroatoms. The Morgan fingerprint density at radius 3 is 2.67 bits per heavy atom. The number of hydrogen-bond acceptors (Lipinski definition) is 4. The average molecular weight is 461 g/mol. The van der Waals surface area contributed by atoms with Gasteiger partial charge in [-0.3, -0.25) is 4.79 Å². The lowest BCUT2D eigenvalue weighted by Crippen LogP contribution is -2.18. The topological polar surface area (TPSA) is 44.1 Å². The maximum Gasteiger partial charge on any atom is 0.163 e. The van der Waals surface area contributed by atoms with E-state index in [-0.39, 0.29) is 11.9 Å². The van der Waals surface area contributed by atoms with Crippen LogP contribution in [0.25, 0.3) is 0 Å². The molecule has 33 heavy (non-hydrogen) atoms. The Morgan fingerprint density at radius 1 is 1.03 bits per heavy atom. The zero-order valence-corrected chi connectivity index (χ0v) is 19.9. The van der Waals surface area contributed by atoms with Crippen molar-refractivity contribution < 1.29 is 9.53 Å². The second kappa shape index (κ2) is 10.6. The largest absolute Gasteiger partial charge is 0.484 e. The molecule has 0 spiro atoms. The molecule has 0 unspecified atom stereocenters. The van der Waals surface area contributed by atoms with Crippen LogP contribution in [-0.2, 0) is 18.7 Å². The quantitative estimate of drug-likeness (QED) is 0.371. The highest BCUT2D eigenvalue weighted by atomic mass is 32.2. The molecule has 1 fully saturated rings. The van der Waals surface area contributed by atoms with E-state index in [1.807, 2.05) is 30.7 Å². The maximum atomic E-state index is 12.7. The molecule has 172 valence electrons. The predicted octanol–water partition coefficient (Wildman–Crippen LogP) is 6.79. The summed E-state index contributed by atoms with van der Waals surface area (Å²) in [6, 6.07) is 14.5. The summed E-state index contributed by atoms with van der Waals surface area (Å²) in [6.07, 6.45) is 14.7. The van der Waals surface area contributed by atoms with E-state index in [1.165, 1.54) is 43.2 Å². The fourth-order valence-corrected chi connectivity index (χ4v) is 6.48. The number of rotatable bonds is 8. The number of imidazole rings is 1. The van der Waals surface area contributed by atoms with Crippen LogP contribution in [0.15, 0.2) is 61.2 Å². The molecule has 0 N–H and O–H groups in total. The highest BCUT2D eigenvalue weighted by molar-refractivity contribution is 7.99. The van der Waals surface area contributed by atoms with E-state index in [0.717, 1.165) is 40.7 Å². The van der Waals surface area contributed by atoms with Crippen molar-refractivity contribution in [3.63, 3.8) is 0 Å². The van der Waals surface area contributed by atoms with Crippen LogP contribution < -0.4 is 4.74 Å². The monoisotopic (exact) mass is 460 g/mol. The summed E-state index contributed by atoms with van der Waals surface area (Å²) in [6.45, 7) is 0.690. The SMILES string of the molecule is O=C1CCCc2c1ccc(O[C@H](Cn1ccnc1)c1ccccc1)c2CSC1CCCCC1. The molecule has 1 aromatic heterocycles. The van der Waals surface area contributed by atoms with Crippen molar-refractivity contribution in [2.24, 2.45) is 0 Å². The van der Waals surface area contributed by atoms with Crippen molar-refractivity contribution >= 4 is 17.5 Å². The molecule has 1 saturated carbocycles. The lowest BCUT2D eigenvalue weighted by Gasteiger charge is -2.27. The van der Waals surface area contributed by atoms with Gasteiger partial charge in [0.15, 0.2) is 5.78 Å². The lowest BCUT2D eigenvalue weighted by atomic mass is 9.87. The Balaban J connectivity index is 1.46. The van der Waals surface area contributed by atoms with Gasteiger partial charge in [-0.05, 0) is 48.9 Å². The summed E-state index contributed by atoms with van der Waals surface area (Å²) in [5.41, 5.74) is 4.52. The third-order valence-corrected chi connectivity index (χ3v) is 8.31. The summed E-state index contributed by atoms with van der Waals surface area (Å²) >= 11 is 2.06. The first kappa shape index (κ1) is 22.3. The molecular weight excluding hydrogens is 428 g/mol. The molecular formula is C28H32N2O2S. The minimum absolute atomic E-state index is 0.129. The van der Waals surface area contributed by atoms with Crippen molar-refractivity contribution in [2.75, 3.05) is 0 Å². The maximum absolute atomic E-state index is 12.7. The molecule has 2 aliphatic carbocycles. The molecule has 4 nitrogen and oxygen atoms in total. The van der Waals surface area contributed by atoms with Crippen molar-refractivity contribution in [2.45, 2.75) is 75.0 Å². The number of fused-ring (bicyclic) bond motifs is 1. The van der Waals surface area contributed by atoms with Gasteiger partial charge in [0.05, 0.1) is 12.9 Å². The van der Waals surface area contributed by atoms with Gasteiger partial charge in [-0.15, -0.1) is 0 Å². The van der Waals surface area contributed by atoms with Crippen molar-refractivity contribution in [1.29, 1.82) is 0 Å². The van der Waals surface area contributed by atoms with Crippen LogP contribution in [0.2, 0.25) is 0 Å². The van der Waals surface area contributed by atoms with Gasteiger partial charge in [-0.2, -0.15) is 11.8 Å². The predicted molar refractivity (Wildman–Crippen MR) is 134 cm³/mol. The summed E-state index contributed by atoms with van der Waals surface area (Å²) in [7, 11) is 0. The summed E-state index contributed by atoms with van der Waals surface area (Å²) < 4.78 is 8.84. The third kappa shape index (κ3) is 5.35. The second-order valence-corrected chi connectivity index (χ2v) is 10.5. The Hall–Kier alpha value is -2.53. The Morgan fingerprint density at radius 2 is 1.88 bits per heavy atom. The number of benzene rings is 2. The molecule has 1 heterocycles. The first-order valence-electron chi connectivity index (χ1n) is 12.2. The number of ketones is 1. The Bertz CT molecular complexity index is 1060. The molecule has 1 atom stereocenters. The smallest absolute Gasteiger partial charge is 0.163 e. The van der Waals surface area contributed by atoms with E-state index >= 15 is 0 Å². The van der Waals surface area contributed by atoms with E-state index in [1.54, 1.807) is 6.20 Å². The number of carbonyl (C=O) groups is 1. The standard InChI is InChI=1S/C28H32N2O2S/c31-26-13-7-12-23-24(26)14-15-27(25(23)19-33-22-10-5-2-6-11-22)32-28(18-30-17-16-29-20-30)21-8-3-1-4-9-21/h1,3-4,8-9,14-17,20,22,28H,2,5-7,10-13,18-19H2/t28-/m1/s1. The van der Waals surface area contributed by atoms with Gasteiger partial charge in [0.2, 0.25) is 0 Å². The van der Waals surface area contributed by atoms with Crippen LogP contribution in [0, 0.1) is 0 Å². The van der Waals surface area contributed by atoms with Gasteiger partial charge in [-0.25, -0.2) is 4.98 Å². The number of thioether (sulfide) groups is 1. The number of nitrogens with zero attached hydrogens (tertiary/aromatic N) is 2. The van der Waals surface area contributed by atoms with E-state index in [2.05, 4.69) is 45.6 Å². The summed E-state index contributed by atoms with van der Waals surface area (Å²) in [5, 5.41) is 0.720. The third-order valence-electron chi connectivity index (χ3n) is 6.91. The summed E-state index contributed by atoms with van der Waals surface area (Å²) in [5.74, 6) is 2.13. The van der Waals surface area contributed by atoms with E-state index in [0.29, 0.717) is 13.0 Å². The first-order valence-corrected chi connectivity index (χ1v) is 13.3. The highest BCUT2D eigenvalue weighted by Gasteiger charge is 2.25. The fourth-order valence-electron chi connectivity index (χ4n) is 5.10. The van der Waals surface area contributed by atoms with E-state index in [4.69, 9.17) is 4.74 Å². The molecule has 0 amide bonds. The number of aromatic nitrogens is 2. The normalized spacial score (nSPS) is 17.5. The van der Waals surface area contributed by atoms with Crippen LogP contribution in [0.1, 0.15) is 78.1 Å². The number of ether oxygens (including phenoxy) is 1. The van der Waals surface area contributed by atoms with Crippen molar-refractivity contribution in [1.82, 2.24) is 9.55 Å². The zero-order valence-electron chi connectivity index (χ0n) is 19.1. The molecule has 2 aromatic carbocycles. The van der Waals surface area contributed by atoms with Crippen LogP contribution in [0.3, 0.4) is 0 Å². The Labute approximate surface area is 200 Å². The molecule has 0 saturated heterocycles. The molecule has 2 aliphatic rings. The Kier molecular flexibility index (Phi) is 7.15. The molecule has 5 rings (SSSR count). The van der Waals surface area contributed by atoms with Gasteiger partial charge in [0, 0.05) is 40.9 Å². The fraction of sp³-hybridized carbons (Fsp3) is 0.429. The van der Waals surface area contributed by atoms with Gasteiger partial charge in [0.25, 0.3) is 0 Å². The average Bonchev–Trinajstić information content (AvgIpc) is 3.37. The molecule has 0 aliphatic heterocycles. The van der Waals surface area contributed by atoms with E-state index < -0.39 is 0 Å². The minimum Gasteiger partial charge on any atom is -0.484 e. The lowest BCUT2D eigenvalue weighted by molar-refractivity contribution is 0.0972. The minimum atomic E-state index is -0.129. The van der Waals surface area contributed by atoms with Crippen LogP contribution in [0.4, 0.5) is 0 Å². The number of Topliss-reactive ketones (excluding diaryl/α,β-unsaturated/α-hetero) is 1. The second-order valence-electron chi connectivity index (χ2n) is 9.19. The molecule has 3 aromatic rings.